The maximum Gasteiger partial charge on any atom is 0.326 e. The second-order valence-corrected chi connectivity index (χ2v) is 21.2. The van der Waals surface area contributed by atoms with Crippen molar-refractivity contribution in [3.05, 3.63) is 0 Å². The molecule has 0 saturated heterocycles. The lowest BCUT2D eigenvalue weighted by molar-refractivity contribution is -0.142. The van der Waals surface area contributed by atoms with E-state index in [2.05, 4.69) is 83.4 Å². The summed E-state index contributed by atoms with van der Waals surface area (Å²) in [7, 11) is 0. The molecule has 44 nitrogen and oxygen atoms in total. The Bertz CT molecular complexity index is 2730. The molecule has 44 heteroatoms. The number of carboxylic acid groups (broad SMARTS) is 2. The minimum absolute atomic E-state index is 0.0157. The Kier molecular flexibility index (Phi) is 42.8. The van der Waals surface area contributed by atoms with Gasteiger partial charge in [0.15, 0.2) is 29.8 Å². The Balaban J connectivity index is 6.71. The molecule has 0 aliphatic carbocycles. The van der Waals surface area contributed by atoms with E-state index in [1.54, 1.807) is 0 Å². The summed E-state index contributed by atoms with van der Waals surface area (Å²) in [5, 5.41) is 55.4. The van der Waals surface area contributed by atoms with Gasteiger partial charge in [-0.05, 0) is 96.9 Å². The second-order valence-electron chi connectivity index (χ2n) is 21.2. The fraction of sp³-hybridized carbons (Fsp3) is 0.654. The molecular weight excluding hydrogens is 1270 g/mol. The van der Waals surface area contributed by atoms with E-state index in [9.17, 15) is 77.6 Å². The van der Waals surface area contributed by atoms with Gasteiger partial charge in [0, 0.05) is 32.7 Å². The molecule has 0 spiro atoms. The van der Waals surface area contributed by atoms with E-state index in [0.717, 1.165) is 0 Å². The first-order valence-corrected chi connectivity index (χ1v) is 30.2. The van der Waals surface area contributed by atoms with Crippen LogP contribution in [0.2, 0.25) is 0 Å². The van der Waals surface area contributed by atoms with Crippen LogP contribution in [0.5, 0.6) is 0 Å². The molecule has 11 amide bonds. The van der Waals surface area contributed by atoms with Crippen molar-refractivity contribution >= 4 is 107 Å². The first-order valence-electron chi connectivity index (χ1n) is 30.2. The molecule has 0 aromatic carbocycles. The van der Waals surface area contributed by atoms with E-state index in [0.29, 0.717) is 12.8 Å². The van der Waals surface area contributed by atoms with Crippen LogP contribution in [0.4, 0.5) is 0 Å². The number of rotatable bonds is 50. The Hall–Kier alpha value is -10.7. The van der Waals surface area contributed by atoms with Crippen molar-refractivity contribution in [1.29, 1.82) is 0 Å². The highest BCUT2D eigenvalue weighted by Crippen LogP contribution is 2.10. The van der Waals surface area contributed by atoms with Crippen LogP contribution >= 0.6 is 0 Å². The van der Waals surface area contributed by atoms with E-state index in [1.165, 1.54) is 6.92 Å². The summed E-state index contributed by atoms with van der Waals surface area (Å²) in [6.45, 7) is -1.79. The summed E-state index contributed by atoms with van der Waals surface area (Å²) < 4.78 is 0. The number of aliphatic carboxylic acids is 2. The van der Waals surface area contributed by atoms with Gasteiger partial charge in [-0.1, -0.05) is 0 Å². The predicted octanol–water partition coefficient (Wildman–Crippen LogP) is -13.5. The number of aliphatic imine (C=N–C) groups is 5. The Morgan fingerprint density at radius 3 is 0.979 bits per heavy atom. The summed E-state index contributed by atoms with van der Waals surface area (Å²) in [6, 6.07) is -13.8. The van der Waals surface area contributed by atoms with E-state index in [1.807, 2.05) is 0 Å². The van der Waals surface area contributed by atoms with Gasteiger partial charge in [-0.3, -0.25) is 82.5 Å². The zero-order valence-electron chi connectivity index (χ0n) is 53.5. The van der Waals surface area contributed by atoms with Crippen molar-refractivity contribution in [3.8, 4) is 0 Å². The number of nitrogens with zero attached hydrogens (tertiary/aromatic N) is 5. The quantitative estimate of drug-likeness (QED) is 0.0153. The number of carbonyl (C=O) groups excluding carboxylic acids is 11. The van der Waals surface area contributed by atoms with Gasteiger partial charge in [0.05, 0.1) is 32.7 Å². The molecular formula is C52H98N28O16. The zero-order valence-corrected chi connectivity index (χ0v) is 53.5. The Labute approximate surface area is 551 Å². The number of carboxylic acids is 2. The average Bonchev–Trinajstić information content (AvgIpc) is 1.09. The van der Waals surface area contributed by atoms with Gasteiger partial charge in [-0.2, -0.15) is 0 Å². The largest absolute Gasteiger partial charge is 0.481 e. The van der Waals surface area contributed by atoms with E-state index >= 15 is 0 Å². The number of nitrogens with one attached hydrogen (secondary N) is 11. The lowest BCUT2D eigenvalue weighted by Gasteiger charge is -2.26. The van der Waals surface area contributed by atoms with Crippen LogP contribution in [-0.2, 0) is 62.3 Å². The maximum atomic E-state index is 14.2. The third-order valence-electron chi connectivity index (χ3n) is 13.1. The second kappa shape index (κ2) is 48.1. The average molecular weight is 1370 g/mol. The minimum atomic E-state index is -2.00. The molecule has 0 bridgehead atoms. The van der Waals surface area contributed by atoms with Gasteiger partial charge in [-0.15, -0.1) is 0 Å². The number of aliphatic hydroxyl groups excluding tert-OH is 1. The molecule has 0 fully saturated rings. The van der Waals surface area contributed by atoms with Crippen molar-refractivity contribution in [1.82, 2.24) is 58.5 Å². The third-order valence-corrected chi connectivity index (χ3v) is 13.1. The summed E-state index contributed by atoms with van der Waals surface area (Å²) in [5.41, 5.74) is 65.1. The molecule has 38 N–H and O–H groups in total. The highest BCUT2D eigenvalue weighted by molar-refractivity contribution is 5.99. The number of guanidine groups is 5. The summed E-state index contributed by atoms with van der Waals surface area (Å²) in [4.78, 5) is 191. The van der Waals surface area contributed by atoms with Crippen molar-refractivity contribution in [3.63, 3.8) is 0 Å². The number of unbranched alkanes of at least 4 members (excludes halogenated alkanes) is 1. The van der Waals surface area contributed by atoms with Crippen LogP contribution in [0.1, 0.15) is 96.8 Å². The van der Waals surface area contributed by atoms with Crippen molar-refractivity contribution in [2.75, 3.05) is 65.5 Å². The van der Waals surface area contributed by atoms with Crippen LogP contribution in [0.3, 0.4) is 0 Å². The Morgan fingerprint density at radius 1 is 0.344 bits per heavy atom. The van der Waals surface area contributed by atoms with E-state index < -0.39 is 164 Å². The smallest absolute Gasteiger partial charge is 0.326 e. The first kappa shape index (κ1) is 85.3. The van der Waals surface area contributed by atoms with Crippen LogP contribution in [0, 0.1) is 0 Å². The topological polar surface area (TPSA) is 789 Å². The summed E-state index contributed by atoms with van der Waals surface area (Å²) >= 11 is 0. The third kappa shape index (κ3) is 39.7. The molecule has 0 rings (SSSR count). The van der Waals surface area contributed by atoms with Gasteiger partial charge in [-0.25, -0.2) is 4.79 Å². The van der Waals surface area contributed by atoms with Gasteiger partial charge in [0.25, 0.3) is 0 Å². The minimum Gasteiger partial charge on any atom is -0.481 e. The van der Waals surface area contributed by atoms with Gasteiger partial charge < -0.3 is 143 Å². The highest BCUT2D eigenvalue weighted by atomic mass is 16.4. The fourth-order valence-corrected chi connectivity index (χ4v) is 8.29. The number of hydrogen-bond donors (Lipinski definition) is 26. The number of aliphatic hydroxyl groups is 1. The summed E-state index contributed by atoms with van der Waals surface area (Å²) in [6.07, 6.45) is -1.29. The number of carbonyl (C=O) groups is 13. The van der Waals surface area contributed by atoms with Crippen molar-refractivity contribution in [2.45, 2.75) is 151 Å². The molecule has 0 saturated carbocycles. The molecule has 9 atom stereocenters. The molecule has 0 aliphatic rings. The number of amides is 11. The molecule has 0 aromatic heterocycles. The molecule has 0 heterocycles. The van der Waals surface area contributed by atoms with Gasteiger partial charge in [0.2, 0.25) is 65.0 Å². The molecule has 542 valence electrons. The molecule has 96 heavy (non-hydrogen) atoms. The van der Waals surface area contributed by atoms with Crippen LogP contribution in [0.15, 0.2) is 25.0 Å². The standard InChI is InChI=1S/C52H98N28O16/c1-26(72-41(89)29(9-2-3-15-53)78-46(94)34(25-81)75-35(82)22-54)39(87)70-23-36(83)73-27(10-4-16-65-48(55)56)40(88)71-24-37(84)74-28(11-5-17-66-49(57)58)42(90)80-33(21-38(85)86)45(93)77-30(12-6-18-67-50(59)60)43(91)76-31(13-7-19-68-51(61)62)44(92)79-32(47(95)96)14-8-20-69-52(63)64/h26-34,81H,2-25,53-54H2,1H3,(H,70,87)(H,71,88)(H,72,89)(H,73,83)(H,74,84)(H,75,82)(H,76,91)(H,77,93)(H,78,94)(H,79,92)(H,80,90)(H,85,86)(H,95,96)(H4,55,56,65)(H4,57,58,66)(H4,59,60,67)(H4,61,62,68)(H4,63,64,69)/t26-,27-,28-,29-,30-,31-,32-,33-,34-/m0/s1. The van der Waals surface area contributed by atoms with Crippen LogP contribution < -0.4 is 127 Å². The number of nitrogens with two attached hydrogens (primary N) is 12. The van der Waals surface area contributed by atoms with Crippen LogP contribution in [-0.4, -0.2) is 242 Å². The van der Waals surface area contributed by atoms with Crippen molar-refractivity contribution < 1.29 is 77.6 Å². The van der Waals surface area contributed by atoms with E-state index in [4.69, 9.17) is 68.8 Å². The maximum absolute atomic E-state index is 14.2. The van der Waals surface area contributed by atoms with Crippen LogP contribution in [0.25, 0.3) is 0 Å². The summed E-state index contributed by atoms with van der Waals surface area (Å²) in [5.74, 6) is -15.5. The SMILES string of the molecule is C[C@H](NC(=O)[C@H](CCCCN)NC(=O)[C@H](CO)NC(=O)CN)C(=O)NCC(=O)N[C@@H](CCCN=C(N)N)C(=O)NCC(=O)N[C@@H](CCCN=C(N)N)C(=O)N[C@@H](CC(=O)O)C(=O)N[C@@H](CCCN=C(N)N)C(=O)N[C@@H](CCCN=C(N)N)C(=O)N[C@@H](CCCN=C(N)N)C(=O)O. The number of hydrogen-bond acceptors (Lipinski definition) is 21. The molecule has 0 radical (unpaired) electrons. The van der Waals surface area contributed by atoms with E-state index in [-0.39, 0.29) is 140 Å². The predicted molar refractivity (Wildman–Crippen MR) is 348 cm³/mol. The fourth-order valence-electron chi connectivity index (χ4n) is 8.29. The first-order chi connectivity index (χ1) is 45.2. The van der Waals surface area contributed by atoms with Gasteiger partial charge in [0.1, 0.15) is 54.4 Å². The zero-order chi connectivity index (χ0) is 72.9. The lowest BCUT2D eigenvalue weighted by Crippen LogP contribution is -2.59. The molecule has 0 unspecified atom stereocenters. The monoisotopic (exact) mass is 1370 g/mol. The highest BCUT2D eigenvalue weighted by Gasteiger charge is 2.35. The molecule has 0 aromatic rings. The Morgan fingerprint density at radius 2 is 0.635 bits per heavy atom. The van der Waals surface area contributed by atoms with Gasteiger partial charge >= 0.3 is 11.9 Å². The lowest BCUT2D eigenvalue weighted by atomic mass is 10.0. The normalized spacial score (nSPS) is 13.4. The van der Waals surface area contributed by atoms with Crippen molar-refractivity contribution in [2.24, 2.45) is 93.8 Å². The molecule has 0 aliphatic heterocycles.